The van der Waals surface area contributed by atoms with E-state index < -0.39 is 10.2 Å². The van der Waals surface area contributed by atoms with Crippen LogP contribution >= 0.6 is 0 Å². The Balaban J connectivity index is 1.37. The lowest BCUT2D eigenvalue weighted by atomic mass is 10.1. The van der Waals surface area contributed by atoms with E-state index in [1.54, 1.807) is 4.90 Å². The van der Waals surface area contributed by atoms with Crippen LogP contribution in [0.25, 0.3) is 10.9 Å². The first-order valence-electron chi connectivity index (χ1n) is 10.1. The van der Waals surface area contributed by atoms with Crippen LogP contribution in [-0.4, -0.2) is 84.3 Å². The van der Waals surface area contributed by atoms with Crippen LogP contribution in [0, 0.1) is 0 Å². The predicted octanol–water partition coefficient (Wildman–Crippen LogP) is 1.21. The highest BCUT2D eigenvalue weighted by atomic mass is 32.2. The number of para-hydroxylation sites is 1. The van der Waals surface area contributed by atoms with Gasteiger partial charge in [0, 0.05) is 56.4 Å². The number of carbonyl (C=O) groups excluding carboxylic acids is 1. The van der Waals surface area contributed by atoms with Crippen LogP contribution in [-0.2, 0) is 26.2 Å². The van der Waals surface area contributed by atoms with Gasteiger partial charge in [0.15, 0.2) is 0 Å². The third-order valence-corrected chi connectivity index (χ3v) is 7.62. The molecule has 2 aliphatic heterocycles. The van der Waals surface area contributed by atoms with Gasteiger partial charge in [0.1, 0.15) is 0 Å². The number of benzene rings is 1. The van der Waals surface area contributed by atoms with Crippen LogP contribution in [0.2, 0.25) is 0 Å². The molecule has 3 heterocycles. The van der Waals surface area contributed by atoms with Crippen molar-refractivity contribution in [2.75, 3.05) is 39.3 Å². The smallest absolute Gasteiger partial charge is 0.282 e. The second-order valence-electron chi connectivity index (χ2n) is 7.90. The quantitative estimate of drug-likeness (QED) is 0.806. The first kappa shape index (κ1) is 20.3. The zero-order chi connectivity index (χ0) is 20.6. The second kappa shape index (κ2) is 8.06. The molecule has 0 unspecified atom stereocenters. The molecule has 1 N–H and O–H groups in total. The maximum atomic E-state index is 13.0. The van der Waals surface area contributed by atoms with Crippen molar-refractivity contribution < 1.29 is 17.9 Å². The van der Waals surface area contributed by atoms with Crippen LogP contribution in [0.1, 0.15) is 19.4 Å². The second-order valence-corrected chi connectivity index (χ2v) is 9.83. The number of hydrogen-bond acceptors (Lipinski definition) is 4. The Labute approximate surface area is 171 Å². The Morgan fingerprint density at radius 3 is 2.41 bits per heavy atom. The number of aromatic amines is 1. The van der Waals surface area contributed by atoms with Gasteiger partial charge in [0.05, 0.1) is 18.6 Å². The maximum absolute atomic E-state index is 13.0. The van der Waals surface area contributed by atoms with Crippen molar-refractivity contribution in [1.82, 2.24) is 18.5 Å². The molecule has 0 aliphatic carbocycles. The lowest BCUT2D eigenvalue weighted by molar-refractivity contribution is -0.131. The molecule has 29 heavy (non-hydrogen) atoms. The molecular formula is C20H28N4O4S. The Morgan fingerprint density at radius 1 is 1.07 bits per heavy atom. The van der Waals surface area contributed by atoms with Crippen LogP contribution < -0.4 is 0 Å². The van der Waals surface area contributed by atoms with Crippen molar-refractivity contribution in [3.63, 3.8) is 0 Å². The number of nitrogens with zero attached hydrogens (tertiary/aromatic N) is 3. The largest absolute Gasteiger partial charge is 0.373 e. The number of morpholine rings is 1. The molecule has 0 spiro atoms. The van der Waals surface area contributed by atoms with Gasteiger partial charge in [-0.2, -0.15) is 17.0 Å². The summed E-state index contributed by atoms with van der Waals surface area (Å²) in [6.45, 7) is 5.98. The zero-order valence-corrected chi connectivity index (χ0v) is 17.7. The summed E-state index contributed by atoms with van der Waals surface area (Å²) in [6.07, 6.45) is 1.96. The maximum Gasteiger partial charge on any atom is 0.282 e. The molecule has 1 aromatic carbocycles. The molecule has 0 saturated carbocycles. The molecule has 1 amide bonds. The van der Waals surface area contributed by atoms with Crippen molar-refractivity contribution in [2.45, 2.75) is 32.5 Å². The summed E-state index contributed by atoms with van der Waals surface area (Å²) in [4.78, 5) is 17.7. The fourth-order valence-electron chi connectivity index (χ4n) is 4.20. The number of rotatable bonds is 4. The Hall–Kier alpha value is -1.94. The van der Waals surface area contributed by atoms with E-state index in [0.717, 1.165) is 16.5 Å². The predicted molar refractivity (Wildman–Crippen MR) is 111 cm³/mol. The summed E-state index contributed by atoms with van der Waals surface area (Å²) < 4.78 is 34.6. The van der Waals surface area contributed by atoms with Crippen molar-refractivity contribution in [3.8, 4) is 0 Å². The molecule has 9 heteroatoms. The molecular weight excluding hydrogens is 392 g/mol. The average Bonchev–Trinajstić information content (AvgIpc) is 3.10. The average molecular weight is 421 g/mol. The molecule has 2 fully saturated rings. The van der Waals surface area contributed by atoms with Gasteiger partial charge < -0.3 is 14.6 Å². The first-order valence-corrected chi connectivity index (χ1v) is 11.5. The normalized spacial score (nSPS) is 24.8. The molecule has 2 aliphatic rings. The molecule has 4 rings (SSSR count). The number of fused-ring (bicyclic) bond motifs is 1. The molecule has 0 radical (unpaired) electrons. The monoisotopic (exact) mass is 420 g/mol. The van der Waals surface area contributed by atoms with Gasteiger partial charge >= 0.3 is 0 Å². The van der Waals surface area contributed by atoms with E-state index in [1.165, 1.54) is 8.61 Å². The summed E-state index contributed by atoms with van der Waals surface area (Å²) in [5, 5.41) is 1.05. The topological polar surface area (TPSA) is 86.0 Å². The van der Waals surface area contributed by atoms with E-state index in [0.29, 0.717) is 45.7 Å². The third-order valence-electron chi connectivity index (χ3n) is 5.65. The number of hydrogen-bond donors (Lipinski definition) is 1. The minimum atomic E-state index is -3.54. The summed E-state index contributed by atoms with van der Waals surface area (Å²) in [7, 11) is -3.54. The standard InChI is InChI=1S/C20H28N4O4S/c1-15-13-24(14-16(2)28-15)29(26,27)23-9-7-22(8-10-23)20(25)11-17-12-21-19-6-4-3-5-18(17)19/h3-6,12,15-16,21H,7-11,13-14H2,1-2H3/t15-,16-/m1/s1. The van der Waals surface area contributed by atoms with Crippen LogP contribution in [0.15, 0.2) is 30.5 Å². The molecule has 0 bridgehead atoms. The number of H-pyrrole nitrogens is 1. The van der Waals surface area contributed by atoms with Gasteiger partial charge in [-0.3, -0.25) is 4.79 Å². The summed E-state index contributed by atoms with van der Waals surface area (Å²) >= 11 is 0. The summed E-state index contributed by atoms with van der Waals surface area (Å²) in [6, 6.07) is 7.91. The van der Waals surface area contributed by atoms with Crippen molar-refractivity contribution in [3.05, 3.63) is 36.0 Å². The fourth-order valence-corrected chi connectivity index (χ4v) is 5.95. The van der Waals surface area contributed by atoms with Crippen LogP contribution in [0.4, 0.5) is 0 Å². The van der Waals surface area contributed by atoms with Crippen molar-refractivity contribution in [1.29, 1.82) is 0 Å². The SMILES string of the molecule is C[C@@H]1CN(S(=O)(=O)N2CCN(C(=O)Cc3c[nH]c4ccccc34)CC2)C[C@@H](C)O1. The molecule has 158 valence electrons. The van der Waals surface area contributed by atoms with Gasteiger partial charge in [0.25, 0.3) is 10.2 Å². The van der Waals surface area contributed by atoms with E-state index in [9.17, 15) is 13.2 Å². The van der Waals surface area contributed by atoms with Crippen molar-refractivity contribution in [2.24, 2.45) is 0 Å². The van der Waals surface area contributed by atoms with E-state index >= 15 is 0 Å². The third kappa shape index (κ3) is 4.18. The van der Waals surface area contributed by atoms with Gasteiger partial charge in [-0.05, 0) is 25.5 Å². The number of piperazine rings is 1. The van der Waals surface area contributed by atoms with Gasteiger partial charge in [-0.1, -0.05) is 18.2 Å². The minimum absolute atomic E-state index is 0.0282. The molecule has 2 aromatic rings. The molecule has 2 atom stereocenters. The highest BCUT2D eigenvalue weighted by Crippen LogP contribution is 2.21. The number of ether oxygens (including phenoxy) is 1. The van der Waals surface area contributed by atoms with Crippen LogP contribution in [0.3, 0.4) is 0 Å². The van der Waals surface area contributed by atoms with Gasteiger partial charge in [0.2, 0.25) is 5.91 Å². The zero-order valence-electron chi connectivity index (χ0n) is 16.9. The molecule has 8 nitrogen and oxygen atoms in total. The van der Waals surface area contributed by atoms with E-state index in [4.69, 9.17) is 4.74 Å². The number of nitrogens with one attached hydrogen (secondary N) is 1. The van der Waals surface area contributed by atoms with Crippen molar-refractivity contribution >= 4 is 27.0 Å². The summed E-state index contributed by atoms with van der Waals surface area (Å²) in [5.74, 6) is 0.0282. The lowest BCUT2D eigenvalue weighted by Gasteiger charge is -2.40. The minimum Gasteiger partial charge on any atom is -0.373 e. The number of aromatic nitrogens is 1. The van der Waals surface area contributed by atoms with Gasteiger partial charge in [-0.25, -0.2) is 0 Å². The Kier molecular flexibility index (Phi) is 5.65. The fraction of sp³-hybridized carbons (Fsp3) is 0.550. The van der Waals surface area contributed by atoms with E-state index in [2.05, 4.69) is 4.98 Å². The van der Waals surface area contributed by atoms with Gasteiger partial charge in [-0.15, -0.1) is 0 Å². The Bertz CT molecular complexity index is 971. The van der Waals surface area contributed by atoms with E-state index in [1.807, 2.05) is 44.3 Å². The molecule has 2 saturated heterocycles. The Morgan fingerprint density at radius 2 is 1.72 bits per heavy atom. The highest BCUT2D eigenvalue weighted by molar-refractivity contribution is 7.86. The molecule has 1 aromatic heterocycles. The number of carbonyl (C=O) groups is 1. The number of amides is 1. The van der Waals surface area contributed by atoms with Crippen LogP contribution in [0.5, 0.6) is 0 Å². The lowest BCUT2D eigenvalue weighted by Crippen LogP contribution is -2.57. The first-order chi connectivity index (χ1) is 13.8. The summed E-state index contributed by atoms with van der Waals surface area (Å²) in [5.41, 5.74) is 1.98. The highest BCUT2D eigenvalue weighted by Gasteiger charge is 2.37. The van der Waals surface area contributed by atoms with E-state index in [-0.39, 0.29) is 18.1 Å².